The molecule has 0 radical (unpaired) electrons. The van der Waals surface area contributed by atoms with E-state index in [-0.39, 0.29) is 23.6 Å². The number of nitrogens with zero attached hydrogens (tertiary/aromatic N) is 3. The predicted molar refractivity (Wildman–Crippen MR) is 94.8 cm³/mol. The SMILES string of the molecule is CC(C)n1ncc2cc(/C=C\C(=O)N3CCCC[C@@H]3C)c(=O)[nH]c21. The number of fused-ring (bicyclic) bond motifs is 1. The highest BCUT2D eigenvalue weighted by Crippen LogP contribution is 2.18. The van der Waals surface area contributed by atoms with Gasteiger partial charge in [-0.3, -0.25) is 9.59 Å². The zero-order valence-corrected chi connectivity index (χ0v) is 14.5. The number of hydrogen-bond acceptors (Lipinski definition) is 3. The molecule has 0 bridgehead atoms. The molecule has 3 heterocycles. The van der Waals surface area contributed by atoms with E-state index >= 15 is 0 Å². The molecule has 2 aromatic heterocycles. The largest absolute Gasteiger partial charge is 0.336 e. The number of pyridine rings is 1. The number of hydrogen-bond donors (Lipinski definition) is 1. The number of aromatic amines is 1. The quantitative estimate of drug-likeness (QED) is 0.881. The van der Waals surface area contributed by atoms with Crippen molar-refractivity contribution in [2.24, 2.45) is 0 Å². The summed E-state index contributed by atoms with van der Waals surface area (Å²) in [6.45, 7) is 6.89. The number of nitrogens with one attached hydrogen (secondary N) is 1. The fraction of sp³-hybridized carbons (Fsp3) is 0.500. The third-order valence-corrected chi connectivity index (χ3v) is 4.61. The Labute approximate surface area is 141 Å². The molecule has 24 heavy (non-hydrogen) atoms. The third-order valence-electron chi connectivity index (χ3n) is 4.61. The Balaban J connectivity index is 1.86. The van der Waals surface area contributed by atoms with E-state index in [1.165, 1.54) is 12.5 Å². The van der Waals surface area contributed by atoms with Crippen LogP contribution >= 0.6 is 0 Å². The van der Waals surface area contributed by atoms with Gasteiger partial charge in [0.1, 0.15) is 5.65 Å². The Hall–Kier alpha value is -2.37. The van der Waals surface area contributed by atoms with E-state index in [9.17, 15) is 9.59 Å². The molecule has 1 saturated heterocycles. The van der Waals surface area contributed by atoms with E-state index < -0.39 is 0 Å². The van der Waals surface area contributed by atoms with E-state index in [0.29, 0.717) is 11.2 Å². The summed E-state index contributed by atoms with van der Waals surface area (Å²) in [6.07, 6.45) is 8.10. The van der Waals surface area contributed by atoms with Crippen LogP contribution in [0.5, 0.6) is 0 Å². The molecule has 0 aromatic carbocycles. The van der Waals surface area contributed by atoms with E-state index in [1.54, 1.807) is 23.0 Å². The first-order valence-electron chi connectivity index (χ1n) is 8.56. The Bertz CT molecular complexity index is 831. The van der Waals surface area contributed by atoms with E-state index in [0.717, 1.165) is 24.8 Å². The van der Waals surface area contributed by atoms with Crippen LogP contribution < -0.4 is 5.56 Å². The molecule has 1 aliphatic rings. The van der Waals surface area contributed by atoms with E-state index in [4.69, 9.17) is 0 Å². The van der Waals surface area contributed by atoms with Gasteiger partial charge < -0.3 is 9.88 Å². The fourth-order valence-corrected chi connectivity index (χ4v) is 3.22. The highest BCUT2D eigenvalue weighted by Gasteiger charge is 2.21. The predicted octanol–water partition coefficient (Wildman–Crippen LogP) is 2.72. The van der Waals surface area contributed by atoms with Crippen molar-refractivity contribution < 1.29 is 4.79 Å². The second kappa shape index (κ2) is 6.63. The van der Waals surface area contributed by atoms with Crippen molar-refractivity contribution in [2.45, 2.75) is 52.1 Å². The molecule has 0 saturated carbocycles. The smallest absolute Gasteiger partial charge is 0.256 e. The lowest BCUT2D eigenvalue weighted by atomic mass is 10.0. The van der Waals surface area contributed by atoms with E-state index in [1.807, 2.05) is 18.7 Å². The van der Waals surface area contributed by atoms with Crippen molar-refractivity contribution in [1.29, 1.82) is 0 Å². The van der Waals surface area contributed by atoms with Gasteiger partial charge in [0, 0.05) is 35.7 Å². The summed E-state index contributed by atoms with van der Waals surface area (Å²) in [5, 5.41) is 5.17. The first-order chi connectivity index (χ1) is 11.5. The summed E-state index contributed by atoms with van der Waals surface area (Å²) in [6, 6.07) is 2.21. The summed E-state index contributed by atoms with van der Waals surface area (Å²) in [7, 11) is 0. The van der Waals surface area contributed by atoms with Gasteiger partial charge in [-0.15, -0.1) is 0 Å². The molecule has 1 fully saturated rings. The summed E-state index contributed by atoms with van der Waals surface area (Å²) in [5.74, 6) is -0.0282. The molecule has 1 aliphatic heterocycles. The number of amides is 1. The van der Waals surface area contributed by atoms with Gasteiger partial charge in [-0.1, -0.05) is 0 Å². The highest BCUT2D eigenvalue weighted by molar-refractivity contribution is 5.92. The van der Waals surface area contributed by atoms with Crippen molar-refractivity contribution in [2.75, 3.05) is 6.54 Å². The molecular weight excluding hydrogens is 304 g/mol. The van der Waals surface area contributed by atoms with Gasteiger partial charge in [0.05, 0.1) is 6.20 Å². The normalized spacial score (nSPS) is 18.8. The van der Waals surface area contributed by atoms with Crippen molar-refractivity contribution in [1.82, 2.24) is 19.7 Å². The first kappa shape index (κ1) is 16.5. The molecule has 2 aromatic rings. The van der Waals surface area contributed by atoms with Gasteiger partial charge in [0.2, 0.25) is 5.91 Å². The monoisotopic (exact) mass is 328 g/mol. The fourth-order valence-electron chi connectivity index (χ4n) is 3.22. The van der Waals surface area contributed by atoms with Crippen LogP contribution in [0.25, 0.3) is 17.1 Å². The van der Waals surface area contributed by atoms with Crippen molar-refractivity contribution in [3.63, 3.8) is 0 Å². The summed E-state index contributed by atoms with van der Waals surface area (Å²) in [5.41, 5.74) is 0.979. The number of aromatic nitrogens is 3. The lowest BCUT2D eigenvalue weighted by Crippen LogP contribution is -2.41. The molecule has 3 rings (SSSR count). The maximum absolute atomic E-state index is 12.4. The molecule has 128 valence electrons. The minimum Gasteiger partial charge on any atom is -0.336 e. The molecule has 1 amide bonds. The van der Waals surface area contributed by atoms with Crippen molar-refractivity contribution >= 4 is 23.0 Å². The van der Waals surface area contributed by atoms with Gasteiger partial charge in [-0.05, 0) is 52.2 Å². The Kier molecular flexibility index (Phi) is 4.55. The summed E-state index contributed by atoms with van der Waals surface area (Å²) in [4.78, 5) is 29.4. The second-order valence-corrected chi connectivity index (χ2v) is 6.75. The topological polar surface area (TPSA) is 71.0 Å². The maximum atomic E-state index is 12.4. The number of likely N-dealkylation sites (tertiary alicyclic amines) is 1. The molecule has 0 spiro atoms. The lowest BCUT2D eigenvalue weighted by molar-refractivity contribution is -0.129. The van der Waals surface area contributed by atoms with Crippen LogP contribution in [0.3, 0.4) is 0 Å². The number of H-pyrrole nitrogens is 1. The van der Waals surface area contributed by atoms with Gasteiger partial charge in [0.15, 0.2) is 0 Å². The Morgan fingerprint density at radius 2 is 2.21 bits per heavy atom. The number of rotatable bonds is 3. The zero-order chi connectivity index (χ0) is 17.3. The minimum absolute atomic E-state index is 0.0282. The average molecular weight is 328 g/mol. The van der Waals surface area contributed by atoms with Crippen molar-refractivity contribution in [3.8, 4) is 0 Å². The third kappa shape index (κ3) is 3.13. The van der Waals surface area contributed by atoms with Crippen LogP contribution in [0.2, 0.25) is 0 Å². The molecule has 1 N–H and O–H groups in total. The molecule has 6 nitrogen and oxygen atoms in total. The average Bonchev–Trinajstić information content (AvgIpc) is 2.95. The molecule has 0 aliphatic carbocycles. The number of carbonyl (C=O) groups excluding carboxylic acids is 1. The van der Waals surface area contributed by atoms with Gasteiger partial charge in [-0.2, -0.15) is 5.10 Å². The van der Waals surface area contributed by atoms with Crippen LogP contribution in [0.1, 0.15) is 51.6 Å². The molecule has 1 atom stereocenters. The summed E-state index contributed by atoms with van der Waals surface area (Å²) >= 11 is 0. The maximum Gasteiger partial charge on any atom is 0.256 e. The minimum atomic E-state index is -0.208. The van der Waals surface area contributed by atoms with Gasteiger partial charge in [-0.25, -0.2) is 4.68 Å². The van der Waals surface area contributed by atoms with Crippen LogP contribution in [-0.4, -0.2) is 38.2 Å². The standard InChI is InChI=1S/C18H24N4O2/c1-12(2)22-17-15(11-19-22)10-14(18(24)20-17)7-8-16(23)21-9-5-4-6-13(21)3/h7-8,10-13H,4-6,9H2,1-3H3,(H,20,24)/b8-7-/t13-/m0/s1. The Morgan fingerprint density at radius 3 is 2.92 bits per heavy atom. The van der Waals surface area contributed by atoms with Gasteiger partial charge >= 0.3 is 0 Å². The number of piperidine rings is 1. The van der Waals surface area contributed by atoms with Crippen LogP contribution in [0, 0.1) is 0 Å². The van der Waals surface area contributed by atoms with Crippen molar-refractivity contribution in [3.05, 3.63) is 34.3 Å². The summed E-state index contributed by atoms with van der Waals surface area (Å²) < 4.78 is 1.78. The number of carbonyl (C=O) groups is 1. The van der Waals surface area contributed by atoms with Gasteiger partial charge in [0.25, 0.3) is 5.56 Å². The molecular formula is C18H24N4O2. The molecule has 0 unspecified atom stereocenters. The first-order valence-corrected chi connectivity index (χ1v) is 8.56. The second-order valence-electron chi connectivity index (χ2n) is 6.75. The van der Waals surface area contributed by atoms with E-state index in [2.05, 4.69) is 17.0 Å². The lowest BCUT2D eigenvalue weighted by Gasteiger charge is -2.32. The van der Waals surface area contributed by atoms with Crippen LogP contribution in [0.4, 0.5) is 0 Å². The molecule has 6 heteroatoms. The Morgan fingerprint density at radius 1 is 1.42 bits per heavy atom. The highest BCUT2D eigenvalue weighted by atomic mass is 16.2. The van der Waals surface area contributed by atoms with Crippen LogP contribution in [0.15, 0.2) is 23.1 Å². The zero-order valence-electron chi connectivity index (χ0n) is 14.5. The van der Waals surface area contributed by atoms with Crippen LogP contribution in [-0.2, 0) is 4.79 Å².